The van der Waals surface area contributed by atoms with Gasteiger partial charge in [0.05, 0.1) is 0 Å². The van der Waals surface area contributed by atoms with Gasteiger partial charge in [0.1, 0.15) is 0 Å². The molecule has 2 nitrogen and oxygen atoms in total. The van der Waals surface area contributed by atoms with E-state index in [-0.39, 0.29) is 5.78 Å². The third-order valence-corrected chi connectivity index (χ3v) is 1.67. The highest BCUT2D eigenvalue weighted by Gasteiger charge is 2.27. The van der Waals surface area contributed by atoms with E-state index in [0.717, 1.165) is 5.57 Å². The zero-order chi connectivity index (χ0) is 8.48. The summed E-state index contributed by atoms with van der Waals surface area (Å²) >= 11 is 0. The Labute approximate surface area is 65.5 Å². The van der Waals surface area contributed by atoms with Gasteiger partial charge in [-0.1, -0.05) is 18.7 Å². The second kappa shape index (κ2) is 2.47. The molecule has 0 bridgehead atoms. The molecule has 0 atom stereocenters. The summed E-state index contributed by atoms with van der Waals surface area (Å²) < 4.78 is 0. The van der Waals surface area contributed by atoms with Crippen LogP contribution in [-0.4, -0.2) is 16.5 Å². The first-order valence-electron chi connectivity index (χ1n) is 3.35. The number of aliphatic hydroxyl groups is 1. The molecule has 0 saturated carbocycles. The number of carbonyl (C=O) groups excluding carboxylic acids is 1. The van der Waals surface area contributed by atoms with Crippen LogP contribution in [0.15, 0.2) is 36.5 Å². The van der Waals surface area contributed by atoms with Crippen LogP contribution in [0.1, 0.15) is 6.92 Å². The number of Topliss-reactive ketones (excluding diaryl/α,β-unsaturated/α-hetero) is 1. The quantitative estimate of drug-likeness (QED) is 0.605. The van der Waals surface area contributed by atoms with E-state index in [1.165, 1.54) is 19.1 Å². The summed E-state index contributed by atoms with van der Waals surface area (Å²) in [6.45, 7) is 4.99. The molecule has 0 aromatic heterocycles. The number of hydrogen-bond acceptors (Lipinski definition) is 2. The van der Waals surface area contributed by atoms with E-state index in [1.54, 1.807) is 12.2 Å². The molecule has 0 aliphatic heterocycles. The Balaban J connectivity index is 2.94. The van der Waals surface area contributed by atoms with Crippen LogP contribution in [0.2, 0.25) is 0 Å². The van der Waals surface area contributed by atoms with Gasteiger partial charge in [-0.2, -0.15) is 0 Å². The third kappa shape index (κ3) is 1.46. The van der Waals surface area contributed by atoms with Crippen molar-refractivity contribution in [1.82, 2.24) is 0 Å². The van der Waals surface area contributed by atoms with Crippen LogP contribution in [0.25, 0.3) is 0 Å². The van der Waals surface area contributed by atoms with Crippen molar-refractivity contribution in [2.45, 2.75) is 12.5 Å². The number of ketones is 1. The summed E-state index contributed by atoms with van der Waals surface area (Å²) in [6, 6.07) is 0. The Morgan fingerprint density at radius 1 is 1.55 bits per heavy atom. The molecular formula is C9H10O2. The maximum absolute atomic E-state index is 10.8. The monoisotopic (exact) mass is 150 g/mol. The van der Waals surface area contributed by atoms with Gasteiger partial charge in [0.2, 0.25) is 0 Å². The minimum Gasteiger partial charge on any atom is -0.374 e. The maximum atomic E-state index is 10.8. The Hall–Kier alpha value is -1.15. The normalized spacial score (nSPS) is 20.4. The Morgan fingerprint density at radius 3 is 2.36 bits per heavy atom. The molecule has 0 fully saturated rings. The minimum absolute atomic E-state index is 0.280. The van der Waals surface area contributed by atoms with Gasteiger partial charge < -0.3 is 5.11 Å². The predicted molar refractivity (Wildman–Crippen MR) is 43.1 cm³/mol. The fraction of sp³-hybridized carbons (Fsp3) is 0.222. The van der Waals surface area contributed by atoms with Gasteiger partial charge in [-0.15, -0.1) is 0 Å². The van der Waals surface area contributed by atoms with Gasteiger partial charge in [-0.3, -0.25) is 4.79 Å². The molecule has 0 aromatic carbocycles. The average molecular weight is 150 g/mol. The molecule has 0 aromatic rings. The fourth-order valence-electron chi connectivity index (χ4n) is 0.814. The van der Waals surface area contributed by atoms with Gasteiger partial charge in [-0.05, 0) is 24.6 Å². The number of hydrogen-bond donors (Lipinski definition) is 1. The first kappa shape index (κ1) is 7.95. The van der Waals surface area contributed by atoms with E-state index >= 15 is 0 Å². The van der Waals surface area contributed by atoms with Crippen LogP contribution in [0.5, 0.6) is 0 Å². The molecule has 0 saturated heterocycles. The summed E-state index contributed by atoms with van der Waals surface area (Å²) in [4.78, 5) is 10.8. The molecule has 1 aliphatic carbocycles. The molecule has 1 aliphatic rings. The van der Waals surface area contributed by atoms with E-state index in [9.17, 15) is 9.90 Å². The van der Waals surface area contributed by atoms with Crippen LogP contribution in [0.3, 0.4) is 0 Å². The standard InChI is InChI=1S/C9H10O2/c1-7-3-5-9(11,6-4-7)8(2)10/h3-6,11H,1H2,2H3. The van der Waals surface area contributed by atoms with Crippen molar-refractivity contribution in [3.8, 4) is 0 Å². The molecule has 1 rings (SSSR count). The van der Waals surface area contributed by atoms with Crippen molar-refractivity contribution in [2.75, 3.05) is 0 Å². The second-order valence-electron chi connectivity index (χ2n) is 2.62. The van der Waals surface area contributed by atoms with Crippen LogP contribution in [0, 0.1) is 0 Å². The van der Waals surface area contributed by atoms with Crippen molar-refractivity contribution in [3.63, 3.8) is 0 Å². The van der Waals surface area contributed by atoms with Gasteiger partial charge in [0.25, 0.3) is 0 Å². The van der Waals surface area contributed by atoms with Gasteiger partial charge in [-0.25, -0.2) is 0 Å². The minimum atomic E-state index is -1.40. The van der Waals surface area contributed by atoms with Crippen molar-refractivity contribution >= 4 is 5.78 Å². The molecule has 58 valence electrons. The molecule has 11 heavy (non-hydrogen) atoms. The molecule has 0 amide bonds. The lowest BCUT2D eigenvalue weighted by molar-refractivity contribution is -0.127. The summed E-state index contributed by atoms with van der Waals surface area (Å²) in [6.07, 6.45) is 6.14. The molecule has 0 heterocycles. The summed E-state index contributed by atoms with van der Waals surface area (Å²) in [5, 5.41) is 9.50. The smallest absolute Gasteiger partial charge is 0.169 e. The Morgan fingerprint density at radius 2 is 2.00 bits per heavy atom. The predicted octanol–water partition coefficient (Wildman–Crippen LogP) is 0.989. The molecule has 0 unspecified atom stereocenters. The Kier molecular flexibility index (Phi) is 1.79. The lowest BCUT2D eigenvalue weighted by atomic mass is 9.93. The molecule has 0 spiro atoms. The molecule has 1 N–H and O–H groups in total. The lowest BCUT2D eigenvalue weighted by Gasteiger charge is -2.19. The first-order valence-corrected chi connectivity index (χ1v) is 3.35. The SMILES string of the molecule is C=C1C=CC(O)(C(C)=O)C=C1. The van der Waals surface area contributed by atoms with Crippen molar-refractivity contribution in [3.05, 3.63) is 36.5 Å². The number of rotatable bonds is 1. The van der Waals surface area contributed by atoms with Crippen LogP contribution in [-0.2, 0) is 4.79 Å². The van der Waals surface area contributed by atoms with Gasteiger partial charge in [0, 0.05) is 0 Å². The summed E-state index contributed by atoms with van der Waals surface area (Å²) in [5.74, 6) is -0.280. The zero-order valence-corrected chi connectivity index (χ0v) is 6.37. The number of carbonyl (C=O) groups is 1. The van der Waals surface area contributed by atoms with Crippen molar-refractivity contribution < 1.29 is 9.90 Å². The molecule has 0 radical (unpaired) electrons. The molecular weight excluding hydrogens is 140 g/mol. The van der Waals surface area contributed by atoms with Crippen LogP contribution < -0.4 is 0 Å². The topological polar surface area (TPSA) is 37.3 Å². The highest BCUT2D eigenvalue weighted by atomic mass is 16.3. The fourth-order valence-corrected chi connectivity index (χ4v) is 0.814. The van der Waals surface area contributed by atoms with E-state index < -0.39 is 5.60 Å². The second-order valence-corrected chi connectivity index (χ2v) is 2.62. The molecule has 2 heteroatoms. The summed E-state index contributed by atoms with van der Waals surface area (Å²) in [7, 11) is 0. The first-order chi connectivity index (χ1) is 5.04. The highest BCUT2D eigenvalue weighted by Crippen LogP contribution is 2.17. The highest BCUT2D eigenvalue weighted by molar-refractivity contribution is 5.89. The van der Waals surface area contributed by atoms with Gasteiger partial charge in [0.15, 0.2) is 11.4 Å². The van der Waals surface area contributed by atoms with E-state index in [2.05, 4.69) is 6.58 Å². The van der Waals surface area contributed by atoms with Crippen molar-refractivity contribution in [2.24, 2.45) is 0 Å². The van der Waals surface area contributed by atoms with Crippen LogP contribution in [0.4, 0.5) is 0 Å². The third-order valence-electron chi connectivity index (χ3n) is 1.67. The maximum Gasteiger partial charge on any atom is 0.169 e. The van der Waals surface area contributed by atoms with E-state index in [0.29, 0.717) is 0 Å². The Bertz CT molecular complexity index is 243. The lowest BCUT2D eigenvalue weighted by Crippen LogP contribution is -2.32. The number of allylic oxidation sites excluding steroid dienone is 3. The van der Waals surface area contributed by atoms with Crippen molar-refractivity contribution in [1.29, 1.82) is 0 Å². The van der Waals surface area contributed by atoms with Gasteiger partial charge >= 0.3 is 0 Å². The largest absolute Gasteiger partial charge is 0.374 e. The summed E-state index contributed by atoms with van der Waals surface area (Å²) in [5.41, 5.74) is -0.614. The average Bonchev–Trinajstić information content (AvgIpc) is 1.95. The van der Waals surface area contributed by atoms with Crippen LogP contribution >= 0.6 is 0 Å². The van der Waals surface area contributed by atoms with E-state index in [1.807, 2.05) is 0 Å². The zero-order valence-electron chi connectivity index (χ0n) is 6.37. The van der Waals surface area contributed by atoms with E-state index in [4.69, 9.17) is 0 Å².